The molecular weight excluding hydrogens is 356 g/mol. The molecule has 1 radical (unpaired) electrons. The average Bonchev–Trinajstić information content (AvgIpc) is 3.47. The summed E-state index contributed by atoms with van der Waals surface area (Å²) in [5.74, 6) is 1.02. The molecule has 7 heteroatoms. The molecule has 2 aromatic heterocycles. The minimum absolute atomic E-state index is 0.206. The number of imidazole rings is 1. The Bertz CT molecular complexity index is 1070. The first-order chi connectivity index (χ1) is 13.3. The second-order valence-electron chi connectivity index (χ2n) is 6.55. The van der Waals surface area contributed by atoms with Crippen molar-refractivity contribution < 1.29 is 0 Å². The topological polar surface area (TPSA) is 62.6 Å². The van der Waals surface area contributed by atoms with E-state index in [0.29, 0.717) is 0 Å². The molecule has 6 nitrogen and oxygen atoms in total. The zero-order chi connectivity index (χ0) is 18.2. The summed E-state index contributed by atoms with van der Waals surface area (Å²) in [5.41, 5.74) is 4.11. The molecule has 1 saturated heterocycles. The number of benzene rings is 2. The number of aromatic amines is 1. The van der Waals surface area contributed by atoms with Gasteiger partial charge in [0.2, 0.25) is 0 Å². The molecular formula is C20H19N6S. The van der Waals surface area contributed by atoms with E-state index in [9.17, 15) is 0 Å². The molecule has 0 unspecified atom stereocenters. The zero-order valence-electron chi connectivity index (χ0n) is 15.0. The maximum absolute atomic E-state index is 4.91. The van der Waals surface area contributed by atoms with Gasteiger partial charge >= 0.3 is 0 Å². The first-order valence-electron chi connectivity index (χ1n) is 9.02. The molecule has 1 aliphatic rings. The molecule has 3 heterocycles. The molecule has 27 heavy (non-hydrogen) atoms. The van der Waals surface area contributed by atoms with Gasteiger partial charge in [0.25, 0.3) is 0 Å². The molecule has 2 aromatic carbocycles. The quantitative estimate of drug-likeness (QED) is 0.546. The van der Waals surface area contributed by atoms with Crippen LogP contribution >= 0.6 is 11.8 Å². The molecule has 0 bridgehead atoms. The van der Waals surface area contributed by atoms with Gasteiger partial charge in [0.05, 0.1) is 35.2 Å². The second kappa shape index (κ2) is 6.74. The number of anilines is 1. The van der Waals surface area contributed by atoms with E-state index >= 15 is 0 Å². The summed E-state index contributed by atoms with van der Waals surface area (Å²) < 4.78 is 0. The van der Waals surface area contributed by atoms with Crippen LogP contribution in [0.2, 0.25) is 0 Å². The van der Waals surface area contributed by atoms with E-state index < -0.39 is 0 Å². The number of hydrogen-bond acceptors (Lipinski definition) is 5. The standard InChI is InChI=1S/C20H19N6S/c1-27-18-10-4-6-14-19(18)24-20(23-14)17-9-5-13-25(17)15-7-2-3-8-16(15)26-21-11-12-22-26/h2-4,6-7,10-12,17H,5,9,13H2,1H3,(H,23,24)/t17-/m0/s1. The Labute approximate surface area is 161 Å². The monoisotopic (exact) mass is 375 g/mol. The number of nitrogens with one attached hydrogen (secondary N) is 1. The van der Waals surface area contributed by atoms with Gasteiger partial charge in [-0.15, -0.1) is 16.6 Å². The van der Waals surface area contributed by atoms with Crippen LogP contribution in [0.25, 0.3) is 16.7 Å². The fourth-order valence-corrected chi connectivity index (χ4v) is 4.41. The highest BCUT2D eigenvalue weighted by Crippen LogP contribution is 2.38. The molecule has 1 aliphatic heterocycles. The van der Waals surface area contributed by atoms with Gasteiger partial charge < -0.3 is 9.88 Å². The smallest absolute Gasteiger partial charge is 0.130 e. The zero-order valence-corrected chi connectivity index (χ0v) is 15.8. The van der Waals surface area contributed by atoms with Gasteiger partial charge in [-0.25, -0.2) is 4.98 Å². The van der Waals surface area contributed by atoms with Crippen molar-refractivity contribution in [3.05, 3.63) is 60.7 Å². The summed E-state index contributed by atoms with van der Waals surface area (Å²) in [6.07, 6.45) is 7.66. The minimum atomic E-state index is 0.206. The predicted molar refractivity (Wildman–Crippen MR) is 107 cm³/mol. The molecule has 1 atom stereocenters. The first-order valence-corrected chi connectivity index (χ1v) is 10.2. The van der Waals surface area contributed by atoms with Crippen LogP contribution in [-0.2, 0) is 0 Å². The molecule has 0 amide bonds. The van der Waals surface area contributed by atoms with Crippen molar-refractivity contribution in [2.45, 2.75) is 23.8 Å². The third kappa shape index (κ3) is 2.78. The Hall–Kier alpha value is -2.80. The number of H-pyrrole nitrogens is 1. The lowest BCUT2D eigenvalue weighted by atomic mass is 10.2. The van der Waals surface area contributed by atoms with Crippen LogP contribution in [0.1, 0.15) is 24.7 Å². The van der Waals surface area contributed by atoms with Crippen molar-refractivity contribution in [3.8, 4) is 5.69 Å². The normalized spacial score (nSPS) is 17.1. The summed E-state index contributed by atoms with van der Waals surface area (Å²) in [5, 5.41) is 8.59. The van der Waals surface area contributed by atoms with Gasteiger partial charge in [-0.2, -0.15) is 10.2 Å². The van der Waals surface area contributed by atoms with Crippen LogP contribution in [0.15, 0.2) is 53.7 Å². The van der Waals surface area contributed by atoms with Gasteiger partial charge in [0, 0.05) is 17.5 Å². The van der Waals surface area contributed by atoms with E-state index in [2.05, 4.69) is 56.7 Å². The Morgan fingerprint density at radius 3 is 2.93 bits per heavy atom. The van der Waals surface area contributed by atoms with Crippen molar-refractivity contribution in [1.29, 1.82) is 0 Å². The molecule has 0 saturated carbocycles. The molecule has 135 valence electrons. The summed E-state index contributed by atoms with van der Waals surface area (Å²) in [7, 11) is 0. The van der Waals surface area contributed by atoms with Gasteiger partial charge in [0.1, 0.15) is 11.5 Å². The van der Waals surface area contributed by atoms with E-state index in [1.807, 2.05) is 12.1 Å². The van der Waals surface area contributed by atoms with Crippen molar-refractivity contribution in [3.63, 3.8) is 0 Å². The predicted octanol–water partition coefficient (Wildman–Crippen LogP) is 4.01. The van der Waals surface area contributed by atoms with Gasteiger partial charge in [0.15, 0.2) is 0 Å². The number of hydrogen-bond donors (Lipinski definition) is 1. The lowest BCUT2D eigenvalue weighted by Gasteiger charge is -2.27. The van der Waals surface area contributed by atoms with Gasteiger partial charge in [-0.05, 0) is 37.3 Å². The highest BCUT2D eigenvalue weighted by molar-refractivity contribution is 7.98. The highest BCUT2D eigenvalue weighted by Gasteiger charge is 2.30. The third-order valence-corrected chi connectivity index (χ3v) is 5.81. The lowest BCUT2D eigenvalue weighted by molar-refractivity contribution is 0.670. The number of rotatable bonds is 4. The van der Waals surface area contributed by atoms with Gasteiger partial charge in [-0.1, -0.05) is 18.2 Å². The summed E-state index contributed by atoms with van der Waals surface area (Å²) in [6.45, 7) is 0.975. The Morgan fingerprint density at radius 1 is 1.19 bits per heavy atom. The molecule has 1 fully saturated rings. The summed E-state index contributed by atoms with van der Waals surface area (Å²) in [6, 6.07) is 15.8. The maximum atomic E-state index is 4.91. The van der Waals surface area contributed by atoms with E-state index in [1.165, 1.54) is 4.90 Å². The maximum Gasteiger partial charge on any atom is 0.130 e. The fraction of sp³-hybridized carbons (Fsp3) is 0.250. The third-order valence-electron chi connectivity index (χ3n) is 5.03. The second-order valence-corrected chi connectivity index (χ2v) is 7.40. The Kier molecular flexibility index (Phi) is 4.09. The van der Waals surface area contributed by atoms with Crippen molar-refractivity contribution in [2.24, 2.45) is 0 Å². The van der Waals surface area contributed by atoms with Crippen LogP contribution in [0, 0.1) is 6.07 Å². The van der Waals surface area contributed by atoms with Crippen molar-refractivity contribution in [2.75, 3.05) is 17.7 Å². The van der Waals surface area contributed by atoms with E-state index in [-0.39, 0.29) is 6.04 Å². The number of para-hydroxylation sites is 2. The van der Waals surface area contributed by atoms with Crippen molar-refractivity contribution >= 4 is 28.5 Å². The van der Waals surface area contributed by atoms with Crippen LogP contribution in [0.3, 0.4) is 0 Å². The van der Waals surface area contributed by atoms with Crippen LogP contribution in [0.5, 0.6) is 0 Å². The summed E-state index contributed by atoms with van der Waals surface area (Å²) >= 11 is 1.74. The molecule has 0 aliphatic carbocycles. The number of thioether (sulfide) groups is 1. The van der Waals surface area contributed by atoms with E-state index in [0.717, 1.165) is 47.6 Å². The van der Waals surface area contributed by atoms with Gasteiger partial charge in [-0.3, -0.25) is 0 Å². The van der Waals surface area contributed by atoms with Crippen LogP contribution in [0.4, 0.5) is 5.69 Å². The first kappa shape index (κ1) is 16.4. The minimum Gasteiger partial charge on any atom is -0.360 e. The molecule has 1 N–H and O–H groups in total. The molecule has 0 spiro atoms. The van der Waals surface area contributed by atoms with Crippen LogP contribution in [-0.4, -0.2) is 37.8 Å². The Morgan fingerprint density at radius 2 is 2.07 bits per heavy atom. The fourth-order valence-electron chi connectivity index (χ4n) is 3.83. The Balaban J connectivity index is 1.58. The lowest BCUT2D eigenvalue weighted by Crippen LogP contribution is -2.25. The van der Waals surface area contributed by atoms with E-state index in [4.69, 9.17) is 4.98 Å². The molecule has 4 aromatic rings. The highest BCUT2D eigenvalue weighted by atomic mass is 32.2. The largest absolute Gasteiger partial charge is 0.360 e. The number of fused-ring (bicyclic) bond motifs is 1. The SMILES string of the molecule is CSc1cccc2nc([C@@H]3CCCN3c3ccc[c]c3-n3nccn3)[nH]c12. The molecule has 5 rings (SSSR count). The average molecular weight is 375 g/mol. The van der Waals surface area contributed by atoms with Crippen molar-refractivity contribution in [1.82, 2.24) is 25.0 Å². The number of nitrogens with zero attached hydrogens (tertiary/aromatic N) is 5. The summed E-state index contributed by atoms with van der Waals surface area (Å²) in [4.78, 5) is 13.8. The van der Waals surface area contributed by atoms with E-state index in [1.54, 1.807) is 29.0 Å². The number of aromatic nitrogens is 5. The van der Waals surface area contributed by atoms with Crippen LogP contribution < -0.4 is 4.90 Å².